The maximum Gasteiger partial charge on any atom is 0.227 e. The van der Waals surface area contributed by atoms with Gasteiger partial charge in [-0.1, -0.05) is 5.11 Å². The normalized spacial score (nSPS) is 18.3. The van der Waals surface area contributed by atoms with Gasteiger partial charge in [-0.2, -0.15) is 0 Å². The third-order valence-electron chi connectivity index (χ3n) is 2.91. The van der Waals surface area contributed by atoms with Gasteiger partial charge in [-0.3, -0.25) is 4.79 Å². The number of carbonyl (C=O) groups is 1. The van der Waals surface area contributed by atoms with Crippen molar-refractivity contribution >= 4 is 27.5 Å². The highest BCUT2D eigenvalue weighted by Crippen LogP contribution is 2.30. The average Bonchev–Trinajstić information content (AvgIpc) is 2.77. The summed E-state index contributed by atoms with van der Waals surface area (Å²) in [6.07, 6.45) is 1.99. The second-order valence-electron chi connectivity index (χ2n) is 4.17. The second-order valence-corrected chi connectivity index (χ2v) is 5.03. The van der Waals surface area contributed by atoms with Crippen LogP contribution in [0.25, 0.3) is 10.4 Å². The van der Waals surface area contributed by atoms with E-state index in [0.29, 0.717) is 35.6 Å². The number of hydrogen-bond acceptors (Lipinski definition) is 4. The lowest BCUT2D eigenvalue weighted by Gasteiger charge is -2.16. The summed E-state index contributed by atoms with van der Waals surface area (Å²) in [5, 5.41) is 3.52. The number of amides is 1. The Morgan fingerprint density at radius 2 is 2.53 bits per heavy atom. The number of hydrogen-bond donors (Lipinski definition) is 0. The van der Waals surface area contributed by atoms with Crippen molar-refractivity contribution in [3.63, 3.8) is 0 Å². The molecule has 0 bridgehead atoms. The number of aromatic nitrogens is 1. The van der Waals surface area contributed by atoms with Crippen LogP contribution >= 0.6 is 15.9 Å². The monoisotopic (exact) mass is 325 g/mol. The number of halogens is 1. The highest BCUT2D eigenvalue weighted by Gasteiger charge is 2.30. The maximum atomic E-state index is 11.9. The molecule has 1 aliphatic rings. The standard InChI is InChI=1S/C11H12BrN5O2/c1-19-11-9(12)3-8(5-14-11)17-6-7(2-10(17)18)4-15-16-13/h3,5,7H,2,4,6H2,1H3. The Morgan fingerprint density at radius 1 is 1.74 bits per heavy atom. The highest BCUT2D eigenvalue weighted by molar-refractivity contribution is 9.10. The third kappa shape index (κ3) is 2.97. The zero-order valence-electron chi connectivity index (χ0n) is 10.3. The van der Waals surface area contributed by atoms with E-state index in [1.165, 1.54) is 7.11 Å². The first-order chi connectivity index (χ1) is 9.15. The summed E-state index contributed by atoms with van der Waals surface area (Å²) in [4.78, 5) is 20.4. The van der Waals surface area contributed by atoms with Crippen molar-refractivity contribution in [1.29, 1.82) is 0 Å². The van der Waals surface area contributed by atoms with Gasteiger partial charge >= 0.3 is 0 Å². The Morgan fingerprint density at radius 3 is 3.16 bits per heavy atom. The Bertz CT molecular complexity index is 544. The predicted octanol–water partition coefficient (Wildman–Crippen LogP) is 2.52. The molecular weight excluding hydrogens is 314 g/mol. The lowest BCUT2D eigenvalue weighted by atomic mass is 10.1. The first-order valence-electron chi connectivity index (χ1n) is 5.66. The molecule has 1 unspecified atom stereocenters. The van der Waals surface area contributed by atoms with Gasteiger partial charge in [-0.25, -0.2) is 4.98 Å². The fraction of sp³-hybridized carbons (Fsp3) is 0.455. The van der Waals surface area contributed by atoms with E-state index in [4.69, 9.17) is 10.3 Å². The molecule has 7 nitrogen and oxygen atoms in total. The van der Waals surface area contributed by atoms with Gasteiger partial charge in [-0.15, -0.1) is 0 Å². The molecule has 0 aliphatic carbocycles. The molecule has 1 fully saturated rings. The Balaban J connectivity index is 2.16. The van der Waals surface area contributed by atoms with E-state index in [9.17, 15) is 4.79 Å². The minimum absolute atomic E-state index is 0.0111. The molecule has 1 aliphatic heterocycles. The number of azide groups is 1. The molecule has 0 aromatic carbocycles. The minimum Gasteiger partial charge on any atom is -0.480 e. The molecule has 0 spiro atoms. The van der Waals surface area contributed by atoms with Crippen molar-refractivity contribution in [3.8, 4) is 5.88 Å². The van der Waals surface area contributed by atoms with E-state index >= 15 is 0 Å². The lowest BCUT2D eigenvalue weighted by molar-refractivity contribution is -0.117. The van der Waals surface area contributed by atoms with Crippen LogP contribution in [0.1, 0.15) is 6.42 Å². The van der Waals surface area contributed by atoms with Crippen LogP contribution in [0, 0.1) is 5.92 Å². The molecule has 1 amide bonds. The molecule has 1 aromatic rings. The molecular formula is C11H12BrN5O2. The van der Waals surface area contributed by atoms with Crippen LogP contribution < -0.4 is 9.64 Å². The molecule has 0 saturated carbocycles. The van der Waals surface area contributed by atoms with Gasteiger partial charge in [0.25, 0.3) is 0 Å². The first-order valence-corrected chi connectivity index (χ1v) is 6.45. The zero-order valence-corrected chi connectivity index (χ0v) is 11.9. The molecule has 0 N–H and O–H groups in total. The molecule has 2 rings (SSSR count). The van der Waals surface area contributed by atoms with E-state index < -0.39 is 0 Å². The molecule has 1 saturated heterocycles. The quantitative estimate of drug-likeness (QED) is 0.483. The summed E-state index contributed by atoms with van der Waals surface area (Å²) in [5.41, 5.74) is 9.01. The summed E-state index contributed by atoms with van der Waals surface area (Å²) in [5.74, 6) is 0.544. The van der Waals surface area contributed by atoms with Crippen LogP contribution in [0.4, 0.5) is 5.69 Å². The van der Waals surface area contributed by atoms with Crippen LogP contribution in [0.3, 0.4) is 0 Å². The van der Waals surface area contributed by atoms with E-state index in [1.807, 2.05) is 0 Å². The van der Waals surface area contributed by atoms with Crippen LogP contribution in [0.5, 0.6) is 5.88 Å². The number of pyridine rings is 1. The van der Waals surface area contributed by atoms with E-state index in [-0.39, 0.29) is 11.8 Å². The molecule has 1 aromatic heterocycles. The molecule has 0 radical (unpaired) electrons. The van der Waals surface area contributed by atoms with E-state index in [2.05, 4.69) is 30.9 Å². The van der Waals surface area contributed by atoms with E-state index in [1.54, 1.807) is 17.2 Å². The largest absolute Gasteiger partial charge is 0.480 e. The van der Waals surface area contributed by atoms with Gasteiger partial charge in [0, 0.05) is 24.4 Å². The SMILES string of the molecule is COc1ncc(N2CC(CN=[N+]=[N-])CC2=O)cc1Br. The predicted molar refractivity (Wildman–Crippen MR) is 73.0 cm³/mol. The number of rotatable bonds is 4. The topological polar surface area (TPSA) is 91.2 Å². The molecule has 19 heavy (non-hydrogen) atoms. The molecule has 8 heteroatoms. The van der Waals surface area contributed by atoms with Crippen molar-refractivity contribution in [3.05, 3.63) is 27.2 Å². The van der Waals surface area contributed by atoms with Crippen LogP contribution in [0.15, 0.2) is 21.9 Å². The Labute approximate surface area is 118 Å². The van der Waals surface area contributed by atoms with Gasteiger partial charge in [0.05, 0.1) is 23.5 Å². The molecule has 2 heterocycles. The molecule has 100 valence electrons. The molecule has 1 atom stereocenters. The van der Waals surface area contributed by atoms with Crippen molar-refractivity contribution in [2.75, 3.05) is 25.1 Å². The van der Waals surface area contributed by atoms with E-state index in [0.717, 1.165) is 0 Å². The first kappa shape index (κ1) is 13.6. The minimum atomic E-state index is 0.0111. The van der Waals surface area contributed by atoms with Gasteiger partial charge in [0.15, 0.2) is 0 Å². The van der Waals surface area contributed by atoms with Crippen LogP contribution in [-0.4, -0.2) is 31.1 Å². The van der Waals surface area contributed by atoms with Crippen LogP contribution in [0.2, 0.25) is 0 Å². The summed E-state index contributed by atoms with van der Waals surface area (Å²) >= 11 is 3.34. The smallest absolute Gasteiger partial charge is 0.227 e. The van der Waals surface area contributed by atoms with Crippen LogP contribution in [-0.2, 0) is 4.79 Å². The summed E-state index contributed by atoms with van der Waals surface area (Å²) in [6, 6.07) is 1.79. The summed E-state index contributed by atoms with van der Waals surface area (Å²) in [6.45, 7) is 0.877. The van der Waals surface area contributed by atoms with Gasteiger partial charge < -0.3 is 9.64 Å². The third-order valence-corrected chi connectivity index (χ3v) is 3.47. The number of methoxy groups -OCH3 is 1. The zero-order chi connectivity index (χ0) is 13.8. The van der Waals surface area contributed by atoms with Gasteiger partial charge in [0.1, 0.15) is 0 Å². The fourth-order valence-electron chi connectivity index (χ4n) is 2.02. The Hall–Kier alpha value is -1.79. The fourth-order valence-corrected chi connectivity index (χ4v) is 2.52. The number of anilines is 1. The number of carbonyl (C=O) groups excluding carboxylic acids is 1. The maximum absolute atomic E-state index is 11.9. The average molecular weight is 326 g/mol. The summed E-state index contributed by atoms with van der Waals surface area (Å²) in [7, 11) is 1.53. The van der Waals surface area contributed by atoms with Crippen molar-refractivity contribution in [2.45, 2.75) is 6.42 Å². The highest BCUT2D eigenvalue weighted by atomic mass is 79.9. The second kappa shape index (κ2) is 5.90. The number of nitrogens with zero attached hydrogens (tertiary/aromatic N) is 5. The van der Waals surface area contributed by atoms with Gasteiger partial charge in [-0.05, 0) is 33.4 Å². The Kier molecular flexibility index (Phi) is 4.24. The van der Waals surface area contributed by atoms with Crippen molar-refractivity contribution in [2.24, 2.45) is 11.0 Å². The lowest BCUT2D eigenvalue weighted by Crippen LogP contribution is -2.24. The summed E-state index contributed by atoms with van der Waals surface area (Å²) < 4.78 is 5.74. The van der Waals surface area contributed by atoms with Crippen molar-refractivity contribution < 1.29 is 9.53 Å². The number of ether oxygens (including phenoxy) is 1. The van der Waals surface area contributed by atoms with Gasteiger partial charge in [0.2, 0.25) is 11.8 Å². The van der Waals surface area contributed by atoms with Crippen molar-refractivity contribution in [1.82, 2.24) is 4.98 Å².